The van der Waals surface area contributed by atoms with Crippen molar-refractivity contribution in [2.24, 2.45) is 0 Å². The van der Waals surface area contributed by atoms with Crippen molar-refractivity contribution in [3.63, 3.8) is 0 Å². The van der Waals surface area contributed by atoms with Crippen molar-refractivity contribution in [3.05, 3.63) is 48.0 Å². The minimum absolute atomic E-state index is 0.0873. The molecule has 0 aliphatic heterocycles. The first-order chi connectivity index (χ1) is 10.5. The molecule has 0 atom stereocenters. The van der Waals surface area contributed by atoms with Gasteiger partial charge in [-0.25, -0.2) is 4.98 Å². The Morgan fingerprint density at radius 3 is 2.91 bits per heavy atom. The number of amides is 1. The normalized spacial score (nSPS) is 11.2. The first-order valence-electron chi connectivity index (χ1n) is 6.80. The molecule has 1 heterocycles. The van der Waals surface area contributed by atoms with E-state index in [9.17, 15) is 13.6 Å². The maximum Gasteiger partial charge on any atom is 0.319 e. The van der Waals surface area contributed by atoms with Crippen LogP contribution in [0, 0.1) is 6.92 Å². The maximum atomic E-state index is 12.7. The highest BCUT2D eigenvalue weighted by atomic mass is 19.3. The molecule has 118 valence electrons. The minimum atomic E-state index is -2.63. The van der Waals surface area contributed by atoms with Crippen molar-refractivity contribution in [1.82, 2.24) is 14.5 Å². The molecule has 0 fully saturated rings. The number of carbonyl (C=O) groups is 1. The number of carbonyl (C=O) groups excluding carboxylic acids is 1. The van der Waals surface area contributed by atoms with Gasteiger partial charge in [0.15, 0.2) is 0 Å². The Kier molecular flexibility index (Phi) is 5.21. The molecule has 22 heavy (non-hydrogen) atoms. The number of aromatic nitrogens is 2. The number of anilines is 1. The largest absolute Gasteiger partial charge is 0.325 e. The number of imidazole rings is 1. The zero-order valence-corrected chi connectivity index (χ0v) is 12.5. The van der Waals surface area contributed by atoms with Gasteiger partial charge in [0.1, 0.15) is 5.82 Å². The lowest BCUT2D eigenvalue weighted by Gasteiger charge is -2.16. The van der Waals surface area contributed by atoms with Gasteiger partial charge in [-0.15, -0.1) is 0 Å². The molecule has 5 nitrogen and oxygen atoms in total. The zero-order chi connectivity index (χ0) is 16.1. The number of likely N-dealkylation sites (N-methyl/N-ethyl adjacent to an activating group) is 1. The molecule has 0 spiro atoms. The van der Waals surface area contributed by atoms with Crippen LogP contribution in [0.3, 0.4) is 0 Å². The Balaban J connectivity index is 1.90. The van der Waals surface area contributed by atoms with Gasteiger partial charge in [-0.3, -0.25) is 14.3 Å². The van der Waals surface area contributed by atoms with Crippen molar-refractivity contribution in [3.8, 4) is 0 Å². The van der Waals surface area contributed by atoms with Crippen molar-refractivity contribution in [2.45, 2.75) is 20.0 Å². The molecule has 0 saturated carbocycles. The standard InChI is InChI=1S/C15H18F2N4O/c1-11-4-3-5-12(8-11)19-14(22)10-20(2)9-13-18-6-7-21(13)15(16)17/h3-8,15H,9-10H2,1-2H3,(H,19,22). The Labute approximate surface area is 127 Å². The summed E-state index contributed by atoms with van der Waals surface area (Å²) < 4.78 is 26.2. The summed E-state index contributed by atoms with van der Waals surface area (Å²) >= 11 is 0. The third-order valence-corrected chi connectivity index (χ3v) is 3.09. The maximum absolute atomic E-state index is 12.7. The molecule has 1 N–H and O–H groups in total. The van der Waals surface area contributed by atoms with E-state index in [0.29, 0.717) is 5.69 Å². The van der Waals surface area contributed by atoms with E-state index >= 15 is 0 Å². The van der Waals surface area contributed by atoms with E-state index in [4.69, 9.17) is 0 Å². The van der Waals surface area contributed by atoms with Gasteiger partial charge in [-0.1, -0.05) is 12.1 Å². The number of rotatable bonds is 6. The predicted molar refractivity (Wildman–Crippen MR) is 79.6 cm³/mol. The molecule has 0 aliphatic rings. The minimum Gasteiger partial charge on any atom is -0.325 e. The lowest BCUT2D eigenvalue weighted by atomic mass is 10.2. The monoisotopic (exact) mass is 308 g/mol. The molecular weight excluding hydrogens is 290 g/mol. The van der Waals surface area contributed by atoms with Gasteiger partial charge >= 0.3 is 6.55 Å². The van der Waals surface area contributed by atoms with Crippen molar-refractivity contribution >= 4 is 11.6 Å². The van der Waals surface area contributed by atoms with Crippen LogP contribution in [0.25, 0.3) is 0 Å². The summed E-state index contributed by atoms with van der Waals surface area (Å²) in [6, 6.07) is 7.45. The van der Waals surface area contributed by atoms with Gasteiger partial charge in [0.2, 0.25) is 5.91 Å². The Bertz CT molecular complexity index is 642. The highest BCUT2D eigenvalue weighted by Crippen LogP contribution is 2.13. The molecule has 7 heteroatoms. The third kappa shape index (κ3) is 4.36. The summed E-state index contributed by atoms with van der Waals surface area (Å²) in [5, 5.41) is 2.77. The second-order valence-corrected chi connectivity index (χ2v) is 5.12. The number of halogens is 2. The smallest absolute Gasteiger partial charge is 0.319 e. The van der Waals surface area contributed by atoms with Crippen LogP contribution in [0.5, 0.6) is 0 Å². The molecule has 2 aromatic rings. The number of benzene rings is 1. The molecule has 0 bridgehead atoms. The van der Waals surface area contributed by atoms with Gasteiger partial charge in [0.25, 0.3) is 0 Å². The van der Waals surface area contributed by atoms with Gasteiger partial charge in [-0.2, -0.15) is 8.78 Å². The Hall–Kier alpha value is -2.28. The number of hydrogen-bond acceptors (Lipinski definition) is 3. The van der Waals surface area contributed by atoms with E-state index in [1.54, 1.807) is 18.0 Å². The van der Waals surface area contributed by atoms with Crippen molar-refractivity contribution < 1.29 is 13.6 Å². The molecule has 0 aliphatic carbocycles. The lowest BCUT2D eigenvalue weighted by molar-refractivity contribution is -0.117. The van der Waals surface area contributed by atoms with E-state index in [0.717, 1.165) is 10.1 Å². The van der Waals surface area contributed by atoms with E-state index in [1.165, 1.54) is 12.4 Å². The molecule has 1 aromatic heterocycles. The van der Waals surface area contributed by atoms with Gasteiger partial charge in [-0.05, 0) is 31.7 Å². The first-order valence-corrected chi connectivity index (χ1v) is 6.80. The van der Waals surface area contributed by atoms with Crippen LogP contribution in [0.1, 0.15) is 17.9 Å². The summed E-state index contributed by atoms with van der Waals surface area (Å²) in [4.78, 5) is 17.5. The highest BCUT2D eigenvalue weighted by molar-refractivity contribution is 5.92. The topological polar surface area (TPSA) is 50.2 Å². The fourth-order valence-corrected chi connectivity index (χ4v) is 2.11. The summed E-state index contributed by atoms with van der Waals surface area (Å²) in [6.45, 7) is -0.443. The SMILES string of the molecule is Cc1cccc(NC(=O)CN(C)Cc2nccn2C(F)F)c1. The Morgan fingerprint density at radius 2 is 2.23 bits per heavy atom. The highest BCUT2D eigenvalue weighted by Gasteiger charge is 2.14. The molecule has 2 rings (SSSR count). The molecule has 1 amide bonds. The first kappa shape index (κ1) is 16.1. The van der Waals surface area contributed by atoms with Crippen LogP contribution >= 0.6 is 0 Å². The average molecular weight is 308 g/mol. The van der Waals surface area contributed by atoms with Crippen LogP contribution in [0.15, 0.2) is 36.7 Å². The van der Waals surface area contributed by atoms with E-state index < -0.39 is 6.55 Å². The van der Waals surface area contributed by atoms with E-state index in [2.05, 4.69) is 10.3 Å². The quantitative estimate of drug-likeness (QED) is 0.892. The molecule has 0 unspecified atom stereocenters. The lowest BCUT2D eigenvalue weighted by Crippen LogP contribution is -2.30. The Morgan fingerprint density at radius 1 is 1.45 bits per heavy atom. The summed E-state index contributed by atoms with van der Waals surface area (Å²) in [5.74, 6) is 0.0177. The van der Waals surface area contributed by atoms with Gasteiger partial charge in [0.05, 0.1) is 13.1 Å². The fraction of sp³-hybridized carbons (Fsp3) is 0.333. The molecule has 1 aromatic carbocycles. The average Bonchev–Trinajstić information content (AvgIpc) is 2.86. The summed E-state index contributed by atoms with van der Waals surface area (Å²) in [7, 11) is 1.68. The van der Waals surface area contributed by atoms with Crippen LogP contribution in [-0.2, 0) is 11.3 Å². The van der Waals surface area contributed by atoms with Crippen molar-refractivity contribution in [2.75, 3.05) is 18.9 Å². The molecule has 0 saturated heterocycles. The molecular formula is C15H18F2N4O. The second kappa shape index (κ2) is 7.13. The van der Waals surface area contributed by atoms with Crippen LogP contribution in [-0.4, -0.2) is 34.0 Å². The number of hydrogen-bond donors (Lipinski definition) is 1. The number of nitrogens with zero attached hydrogens (tertiary/aromatic N) is 3. The third-order valence-electron chi connectivity index (χ3n) is 3.09. The van der Waals surface area contributed by atoms with Gasteiger partial charge < -0.3 is 5.32 Å². The van der Waals surface area contributed by atoms with E-state index in [1.807, 2.05) is 25.1 Å². The molecule has 0 radical (unpaired) electrons. The second-order valence-electron chi connectivity index (χ2n) is 5.12. The van der Waals surface area contributed by atoms with Crippen LogP contribution < -0.4 is 5.32 Å². The number of alkyl halides is 2. The summed E-state index contributed by atoms with van der Waals surface area (Å²) in [5.41, 5.74) is 1.76. The summed E-state index contributed by atoms with van der Waals surface area (Å²) in [6.07, 6.45) is 2.54. The van der Waals surface area contributed by atoms with E-state index in [-0.39, 0.29) is 24.8 Å². The zero-order valence-electron chi connectivity index (χ0n) is 12.5. The number of aryl methyl sites for hydroxylation is 1. The van der Waals surface area contributed by atoms with Gasteiger partial charge in [0, 0.05) is 18.1 Å². The van der Waals surface area contributed by atoms with Crippen LogP contribution in [0.2, 0.25) is 0 Å². The van der Waals surface area contributed by atoms with Crippen LogP contribution in [0.4, 0.5) is 14.5 Å². The fourth-order valence-electron chi connectivity index (χ4n) is 2.11. The van der Waals surface area contributed by atoms with Crippen molar-refractivity contribution in [1.29, 1.82) is 0 Å². The number of nitrogens with one attached hydrogen (secondary N) is 1. The predicted octanol–water partition coefficient (Wildman–Crippen LogP) is 2.66.